The van der Waals surface area contributed by atoms with Gasteiger partial charge in [-0.3, -0.25) is 9.59 Å². The molecular weight excluding hydrogens is 406 g/mol. The van der Waals surface area contributed by atoms with Crippen molar-refractivity contribution >= 4 is 29.3 Å². The zero-order chi connectivity index (χ0) is 21.5. The Morgan fingerprint density at radius 2 is 1.68 bits per heavy atom. The quantitative estimate of drug-likeness (QED) is 0.554. The molecule has 4 rings (SSSR count). The molecule has 1 saturated heterocycles. The van der Waals surface area contributed by atoms with Gasteiger partial charge in [0.2, 0.25) is 5.91 Å². The number of rotatable bonds is 7. The van der Waals surface area contributed by atoms with Crippen molar-refractivity contribution in [2.45, 2.75) is 24.3 Å². The molecule has 0 atom stereocenters. The van der Waals surface area contributed by atoms with Crippen LogP contribution >= 0.6 is 11.8 Å². The van der Waals surface area contributed by atoms with Gasteiger partial charge in [0.15, 0.2) is 0 Å². The normalized spacial score (nSPS) is 13.2. The molecule has 0 saturated carbocycles. The predicted octanol–water partition coefficient (Wildman–Crippen LogP) is 4.64. The van der Waals surface area contributed by atoms with Gasteiger partial charge in [0.1, 0.15) is 0 Å². The maximum absolute atomic E-state index is 12.5. The minimum Gasteiger partial charge on any atom is -0.339 e. The van der Waals surface area contributed by atoms with Crippen molar-refractivity contribution < 1.29 is 9.59 Å². The van der Waals surface area contributed by atoms with E-state index < -0.39 is 0 Å². The largest absolute Gasteiger partial charge is 0.339 e. The van der Waals surface area contributed by atoms with Gasteiger partial charge in [0.05, 0.1) is 16.3 Å². The molecule has 3 aromatic rings. The SMILES string of the molecule is O=C(CSc1ccc(C(=O)N2CCCC2)cn1)Nc1ccccc1Cc1ccccc1. The number of nitrogens with one attached hydrogen (secondary N) is 1. The Morgan fingerprint density at radius 1 is 0.935 bits per heavy atom. The Morgan fingerprint density at radius 3 is 2.42 bits per heavy atom. The van der Waals surface area contributed by atoms with Crippen LogP contribution in [-0.4, -0.2) is 40.5 Å². The molecule has 1 aliphatic heterocycles. The smallest absolute Gasteiger partial charge is 0.255 e. The lowest BCUT2D eigenvalue weighted by molar-refractivity contribution is -0.113. The lowest BCUT2D eigenvalue weighted by atomic mass is 10.0. The summed E-state index contributed by atoms with van der Waals surface area (Å²) in [6.45, 7) is 1.64. The molecule has 0 unspecified atom stereocenters. The molecule has 1 N–H and O–H groups in total. The summed E-state index contributed by atoms with van der Waals surface area (Å²) in [4.78, 5) is 31.1. The Hall–Kier alpha value is -3.12. The molecular formula is C25H25N3O2S. The van der Waals surface area contributed by atoms with E-state index in [2.05, 4.69) is 22.4 Å². The molecule has 6 heteroatoms. The number of benzene rings is 2. The second-order valence-electron chi connectivity index (χ2n) is 7.54. The fourth-order valence-corrected chi connectivity index (χ4v) is 4.28. The molecule has 1 aromatic heterocycles. The molecule has 158 valence electrons. The van der Waals surface area contributed by atoms with Crippen LogP contribution in [0.4, 0.5) is 5.69 Å². The van der Waals surface area contributed by atoms with Crippen LogP contribution < -0.4 is 5.32 Å². The van der Waals surface area contributed by atoms with E-state index in [4.69, 9.17) is 0 Å². The fraction of sp³-hybridized carbons (Fsp3) is 0.240. The monoisotopic (exact) mass is 431 g/mol. The Kier molecular flexibility index (Phi) is 6.99. The van der Waals surface area contributed by atoms with E-state index in [1.54, 1.807) is 12.3 Å². The van der Waals surface area contributed by atoms with E-state index >= 15 is 0 Å². The lowest BCUT2D eigenvalue weighted by Gasteiger charge is -2.14. The van der Waals surface area contributed by atoms with Gasteiger partial charge in [-0.1, -0.05) is 60.3 Å². The molecule has 2 aromatic carbocycles. The van der Waals surface area contributed by atoms with Crippen LogP contribution in [0.15, 0.2) is 78.0 Å². The average Bonchev–Trinajstić information content (AvgIpc) is 3.35. The first-order valence-electron chi connectivity index (χ1n) is 10.5. The summed E-state index contributed by atoms with van der Waals surface area (Å²) in [5.74, 6) is 0.213. The number of carbonyl (C=O) groups is 2. The highest BCUT2D eigenvalue weighted by molar-refractivity contribution is 7.99. The van der Waals surface area contributed by atoms with Gasteiger partial charge in [-0.15, -0.1) is 0 Å². The summed E-state index contributed by atoms with van der Waals surface area (Å²) < 4.78 is 0. The molecule has 0 spiro atoms. The fourth-order valence-electron chi connectivity index (χ4n) is 3.63. The Balaban J connectivity index is 1.32. The average molecular weight is 432 g/mol. The first-order valence-corrected chi connectivity index (χ1v) is 11.5. The summed E-state index contributed by atoms with van der Waals surface area (Å²) in [6, 6.07) is 21.7. The van der Waals surface area contributed by atoms with Crippen LogP contribution in [0.5, 0.6) is 0 Å². The summed E-state index contributed by atoms with van der Waals surface area (Å²) in [7, 11) is 0. The molecule has 0 aliphatic carbocycles. The van der Waals surface area contributed by atoms with E-state index in [0.717, 1.165) is 48.6 Å². The number of carbonyl (C=O) groups excluding carboxylic acids is 2. The highest BCUT2D eigenvalue weighted by Crippen LogP contribution is 2.21. The first-order chi connectivity index (χ1) is 15.2. The third kappa shape index (κ3) is 5.73. The van der Waals surface area contributed by atoms with E-state index in [-0.39, 0.29) is 17.6 Å². The topological polar surface area (TPSA) is 62.3 Å². The summed E-state index contributed by atoms with van der Waals surface area (Å²) in [6.07, 6.45) is 4.50. The second kappa shape index (κ2) is 10.3. The standard InChI is InChI=1S/C25H25N3O2S/c29-23(27-22-11-5-4-10-20(22)16-19-8-2-1-3-9-19)18-31-24-13-12-21(17-26-24)25(30)28-14-6-7-15-28/h1-5,8-13,17H,6-7,14-16,18H2,(H,27,29). The summed E-state index contributed by atoms with van der Waals surface area (Å²) >= 11 is 1.36. The van der Waals surface area contributed by atoms with E-state index in [0.29, 0.717) is 5.56 Å². The van der Waals surface area contributed by atoms with E-state index in [1.807, 2.05) is 53.4 Å². The zero-order valence-electron chi connectivity index (χ0n) is 17.3. The van der Waals surface area contributed by atoms with Gasteiger partial charge in [-0.05, 0) is 48.6 Å². The van der Waals surface area contributed by atoms with Gasteiger partial charge in [0.25, 0.3) is 5.91 Å². The highest BCUT2D eigenvalue weighted by atomic mass is 32.2. The van der Waals surface area contributed by atoms with Crippen LogP contribution in [0.25, 0.3) is 0 Å². The van der Waals surface area contributed by atoms with Crippen LogP contribution in [-0.2, 0) is 11.2 Å². The number of thioether (sulfide) groups is 1. The van der Waals surface area contributed by atoms with Gasteiger partial charge < -0.3 is 10.2 Å². The molecule has 2 amide bonds. The number of amides is 2. The summed E-state index contributed by atoms with van der Waals surface area (Å²) in [5.41, 5.74) is 3.71. The Labute approximate surface area is 186 Å². The van der Waals surface area contributed by atoms with Crippen molar-refractivity contribution in [3.8, 4) is 0 Å². The van der Waals surface area contributed by atoms with Crippen LogP contribution in [0.1, 0.15) is 34.3 Å². The number of hydrogen-bond acceptors (Lipinski definition) is 4. The van der Waals surface area contributed by atoms with Gasteiger partial charge >= 0.3 is 0 Å². The van der Waals surface area contributed by atoms with Crippen molar-refractivity contribution in [2.75, 3.05) is 24.2 Å². The van der Waals surface area contributed by atoms with E-state index in [1.165, 1.54) is 17.3 Å². The number of likely N-dealkylation sites (tertiary alicyclic amines) is 1. The maximum Gasteiger partial charge on any atom is 0.255 e. The van der Waals surface area contributed by atoms with Crippen molar-refractivity contribution in [1.29, 1.82) is 0 Å². The number of hydrogen-bond donors (Lipinski definition) is 1. The van der Waals surface area contributed by atoms with Crippen LogP contribution in [0, 0.1) is 0 Å². The number of pyridine rings is 1. The third-order valence-corrected chi connectivity index (χ3v) is 6.20. The number of anilines is 1. The van der Waals surface area contributed by atoms with Gasteiger partial charge in [-0.2, -0.15) is 0 Å². The van der Waals surface area contributed by atoms with Crippen LogP contribution in [0.3, 0.4) is 0 Å². The minimum atomic E-state index is -0.0791. The molecule has 31 heavy (non-hydrogen) atoms. The molecule has 1 aliphatic rings. The number of aromatic nitrogens is 1. The van der Waals surface area contributed by atoms with Gasteiger partial charge in [-0.25, -0.2) is 4.98 Å². The number of para-hydroxylation sites is 1. The molecule has 1 fully saturated rings. The first kappa shape index (κ1) is 21.1. The predicted molar refractivity (Wildman–Crippen MR) is 124 cm³/mol. The van der Waals surface area contributed by atoms with Crippen LogP contribution in [0.2, 0.25) is 0 Å². The maximum atomic E-state index is 12.5. The summed E-state index contributed by atoms with van der Waals surface area (Å²) in [5, 5.41) is 3.75. The second-order valence-corrected chi connectivity index (χ2v) is 8.54. The van der Waals surface area contributed by atoms with Crippen molar-refractivity contribution in [1.82, 2.24) is 9.88 Å². The highest BCUT2D eigenvalue weighted by Gasteiger charge is 2.19. The zero-order valence-corrected chi connectivity index (χ0v) is 18.1. The third-order valence-electron chi connectivity index (χ3n) is 5.26. The number of nitrogens with zero attached hydrogens (tertiary/aromatic N) is 2. The minimum absolute atomic E-state index is 0.0364. The molecule has 2 heterocycles. The molecule has 0 radical (unpaired) electrons. The molecule has 5 nitrogen and oxygen atoms in total. The van der Waals surface area contributed by atoms with E-state index in [9.17, 15) is 9.59 Å². The van der Waals surface area contributed by atoms with Crippen molar-refractivity contribution in [3.63, 3.8) is 0 Å². The lowest BCUT2D eigenvalue weighted by Crippen LogP contribution is -2.27. The van der Waals surface area contributed by atoms with Crippen molar-refractivity contribution in [2.24, 2.45) is 0 Å². The van der Waals surface area contributed by atoms with Gasteiger partial charge in [0, 0.05) is 25.0 Å². The van der Waals surface area contributed by atoms with Crippen molar-refractivity contribution in [3.05, 3.63) is 89.6 Å². The molecule has 0 bridgehead atoms. The Bertz CT molecular complexity index is 1030.